The first-order valence-electron chi connectivity index (χ1n) is 7.54. The zero-order valence-electron chi connectivity index (χ0n) is 12.1. The van der Waals surface area contributed by atoms with Crippen molar-refractivity contribution in [1.29, 1.82) is 0 Å². The van der Waals surface area contributed by atoms with E-state index < -0.39 is 0 Å². The standard InChI is InChI=1S/C16H21BrO4/c17-13-1-3-14(4-2-13)18-9-10-19-15-5-7-16(8-6-15)20-11-12-21-16/h1-4,15H,5-12H2. The first kappa shape index (κ1) is 15.3. The largest absolute Gasteiger partial charge is 0.491 e. The highest BCUT2D eigenvalue weighted by molar-refractivity contribution is 9.10. The highest BCUT2D eigenvalue weighted by Gasteiger charge is 2.40. The third-order valence-electron chi connectivity index (χ3n) is 4.03. The molecule has 5 heteroatoms. The lowest BCUT2D eigenvalue weighted by Gasteiger charge is -2.35. The van der Waals surface area contributed by atoms with Crippen molar-refractivity contribution in [1.82, 2.24) is 0 Å². The molecule has 0 aromatic heterocycles. The Hall–Kier alpha value is -0.620. The molecule has 0 bridgehead atoms. The van der Waals surface area contributed by atoms with E-state index in [9.17, 15) is 0 Å². The monoisotopic (exact) mass is 356 g/mol. The Morgan fingerprint density at radius 1 is 1.05 bits per heavy atom. The van der Waals surface area contributed by atoms with E-state index in [0.29, 0.717) is 19.3 Å². The first-order valence-corrected chi connectivity index (χ1v) is 8.33. The van der Waals surface area contributed by atoms with Crippen LogP contribution in [-0.2, 0) is 14.2 Å². The Labute approximate surface area is 133 Å². The Morgan fingerprint density at radius 2 is 1.71 bits per heavy atom. The molecule has 1 spiro atoms. The zero-order chi connectivity index (χ0) is 14.5. The van der Waals surface area contributed by atoms with Gasteiger partial charge in [0.1, 0.15) is 12.4 Å². The van der Waals surface area contributed by atoms with Crippen LogP contribution in [0.2, 0.25) is 0 Å². The van der Waals surface area contributed by atoms with Gasteiger partial charge in [0.2, 0.25) is 0 Å². The van der Waals surface area contributed by atoms with Gasteiger partial charge < -0.3 is 18.9 Å². The lowest BCUT2D eigenvalue weighted by molar-refractivity contribution is -0.192. The minimum absolute atomic E-state index is 0.298. The Kier molecular flexibility index (Phi) is 5.16. The highest BCUT2D eigenvalue weighted by atomic mass is 79.9. The van der Waals surface area contributed by atoms with E-state index in [1.807, 2.05) is 24.3 Å². The van der Waals surface area contributed by atoms with Gasteiger partial charge in [-0.25, -0.2) is 0 Å². The maximum Gasteiger partial charge on any atom is 0.168 e. The van der Waals surface area contributed by atoms with Crippen molar-refractivity contribution in [3.63, 3.8) is 0 Å². The molecule has 1 saturated heterocycles. The summed E-state index contributed by atoms with van der Waals surface area (Å²) in [6.45, 7) is 2.66. The van der Waals surface area contributed by atoms with Crippen molar-refractivity contribution < 1.29 is 18.9 Å². The molecule has 0 radical (unpaired) electrons. The SMILES string of the molecule is Brc1ccc(OCCOC2CCC3(CC2)OCCO3)cc1. The molecule has 0 unspecified atom stereocenters. The molecule has 0 amide bonds. The molecule has 1 heterocycles. The van der Waals surface area contributed by atoms with E-state index >= 15 is 0 Å². The van der Waals surface area contributed by atoms with Crippen molar-refractivity contribution in [2.75, 3.05) is 26.4 Å². The molecule has 3 rings (SSSR count). The molecule has 2 aliphatic rings. The van der Waals surface area contributed by atoms with Gasteiger partial charge in [0, 0.05) is 17.3 Å². The van der Waals surface area contributed by atoms with Gasteiger partial charge in [0.15, 0.2) is 5.79 Å². The van der Waals surface area contributed by atoms with E-state index in [2.05, 4.69) is 15.9 Å². The maximum absolute atomic E-state index is 5.89. The predicted molar refractivity (Wildman–Crippen MR) is 82.5 cm³/mol. The lowest BCUT2D eigenvalue weighted by Crippen LogP contribution is -2.37. The van der Waals surface area contributed by atoms with Gasteiger partial charge in [-0.2, -0.15) is 0 Å². The van der Waals surface area contributed by atoms with Crippen LogP contribution in [0.5, 0.6) is 5.75 Å². The van der Waals surface area contributed by atoms with Crippen molar-refractivity contribution >= 4 is 15.9 Å². The van der Waals surface area contributed by atoms with Crippen LogP contribution in [0, 0.1) is 0 Å². The topological polar surface area (TPSA) is 36.9 Å². The summed E-state index contributed by atoms with van der Waals surface area (Å²) in [5.74, 6) is 0.575. The summed E-state index contributed by atoms with van der Waals surface area (Å²) in [7, 11) is 0. The Bertz CT molecular complexity index is 432. The average molecular weight is 357 g/mol. The highest BCUT2D eigenvalue weighted by Crippen LogP contribution is 2.36. The van der Waals surface area contributed by atoms with E-state index in [1.165, 1.54) is 0 Å². The van der Waals surface area contributed by atoms with Gasteiger partial charge in [0.25, 0.3) is 0 Å². The van der Waals surface area contributed by atoms with Gasteiger partial charge in [-0.1, -0.05) is 15.9 Å². The van der Waals surface area contributed by atoms with Crippen LogP contribution in [0.4, 0.5) is 0 Å². The van der Waals surface area contributed by atoms with E-state index in [4.69, 9.17) is 18.9 Å². The van der Waals surface area contributed by atoms with Crippen LogP contribution in [0.3, 0.4) is 0 Å². The molecule has 1 aromatic rings. The quantitative estimate of drug-likeness (QED) is 0.756. The van der Waals surface area contributed by atoms with Crippen LogP contribution in [0.25, 0.3) is 0 Å². The Morgan fingerprint density at radius 3 is 2.38 bits per heavy atom. The number of hydrogen-bond donors (Lipinski definition) is 0. The smallest absolute Gasteiger partial charge is 0.168 e. The van der Waals surface area contributed by atoms with Gasteiger partial charge in [-0.05, 0) is 37.1 Å². The summed E-state index contributed by atoms with van der Waals surface area (Å²) >= 11 is 3.40. The average Bonchev–Trinajstić information content (AvgIpc) is 2.96. The number of hydrogen-bond acceptors (Lipinski definition) is 4. The van der Waals surface area contributed by atoms with E-state index in [-0.39, 0.29) is 5.79 Å². The van der Waals surface area contributed by atoms with Crippen molar-refractivity contribution in [3.05, 3.63) is 28.7 Å². The van der Waals surface area contributed by atoms with Crippen molar-refractivity contribution in [2.45, 2.75) is 37.6 Å². The second-order valence-corrected chi connectivity index (χ2v) is 6.40. The fourth-order valence-electron chi connectivity index (χ4n) is 2.89. The minimum Gasteiger partial charge on any atom is -0.491 e. The molecule has 4 nitrogen and oxygen atoms in total. The Balaban J connectivity index is 1.32. The minimum atomic E-state index is -0.298. The molecule has 21 heavy (non-hydrogen) atoms. The summed E-state index contributed by atoms with van der Waals surface area (Å²) in [6.07, 6.45) is 4.17. The molecular weight excluding hydrogens is 336 g/mol. The van der Waals surface area contributed by atoms with Crippen molar-refractivity contribution in [2.24, 2.45) is 0 Å². The summed E-state index contributed by atoms with van der Waals surface area (Å²) < 4.78 is 24.0. The molecule has 0 atom stereocenters. The number of ether oxygens (including phenoxy) is 4. The molecule has 2 fully saturated rings. The van der Waals surface area contributed by atoms with Gasteiger partial charge in [0.05, 0.1) is 25.9 Å². The molecule has 1 aromatic carbocycles. The summed E-state index contributed by atoms with van der Waals surface area (Å²) in [4.78, 5) is 0. The van der Waals surface area contributed by atoms with Crippen LogP contribution >= 0.6 is 15.9 Å². The number of benzene rings is 1. The fraction of sp³-hybridized carbons (Fsp3) is 0.625. The molecule has 116 valence electrons. The molecule has 1 aliphatic carbocycles. The van der Waals surface area contributed by atoms with Gasteiger partial charge in [-0.3, -0.25) is 0 Å². The van der Waals surface area contributed by atoms with E-state index in [0.717, 1.165) is 49.1 Å². The molecular formula is C16H21BrO4. The zero-order valence-corrected chi connectivity index (χ0v) is 13.6. The van der Waals surface area contributed by atoms with Gasteiger partial charge >= 0.3 is 0 Å². The summed E-state index contributed by atoms with van der Waals surface area (Å²) in [6, 6.07) is 7.84. The summed E-state index contributed by atoms with van der Waals surface area (Å²) in [5.41, 5.74) is 0. The third-order valence-corrected chi connectivity index (χ3v) is 4.56. The third kappa shape index (κ3) is 4.19. The number of halogens is 1. The van der Waals surface area contributed by atoms with Crippen LogP contribution in [0.15, 0.2) is 28.7 Å². The molecule has 1 saturated carbocycles. The molecule has 1 aliphatic heterocycles. The predicted octanol–water partition coefficient (Wildman–Crippen LogP) is 3.53. The fourth-order valence-corrected chi connectivity index (χ4v) is 3.15. The van der Waals surface area contributed by atoms with Crippen molar-refractivity contribution in [3.8, 4) is 5.75 Å². The van der Waals surface area contributed by atoms with Crippen LogP contribution in [0.1, 0.15) is 25.7 Å². The van der Waals surface area contributed by atoms with E-state index in [1.54, 1.807) is 0 Å². The second kappa shape index (κ2) is 7.09. The lowest BCUT2D eigenvalue weighted by atomic mass is 9.92. The molecule has 0 N–H and O–H groups in total. The first-order chi connectivity index (χ1) is 10.3. The maximum atomic E-state index is 5.89. The normalized spacial score (nSPS) is 21.8. The number of rotatable bonds is 5. The van der Waals surface area contributed by atoms with Crippen LogP contribution < -0.4 is 4.74 Å². The van der Waals surface area contributed by atoms with Gasteiger partial charge in [-0.15, -0.1) is 0 Å². The second-order valence-electron chi connectivity index (χ2n) is 5.48. The van der Waals surface area contributed by atoms with Crippen LogP contribution in [-0.4, -0.2) is 38.3 Å². The summed E-state index contributed by atoms with van der Waals surface area (Å²) in [5, 5.41) is 0.